The average molecular weight is 269 g/mol. The second-order valence-electron chi connectivity index (χ2n) is 4.89. The lowest BCUT2D eigenvalue weighted by molar-refractivity contribution is 0.0943. The van der Waals surface area contributed by atoms with Crippen LogP contribution in [0.3, 0.4) is 0 Å². The predicted octanol–water partition coefficient (Wildman–Crippen LogP) is 2.93. The van der Waals surface area contributed by atoms with Gasteiger partial charge in [-0.1, -0.05) is 12.1 Å². The Labute approximate surface area is 119 Å². The fourth-order valence-electron chi connectivity index (χ4n) is 1.93. The van der Waals surface area contributed by atoms with E-state index in [0.717, 1.165) is 16.9 Å². The fraction of sp³-hybridized carbons (Fsp3) is 0.250. The van der Waals surface area contributed by atoms with E-state index in [0.29, 0.717) is 5.56 Å². The molecule has 0 saturated heterocycles. The number of benzene rings is 1. The topological polar surface area (TPSA) is 54.0 Å². The SMILES string of the molecule is CNc1cc(-c2cccc(C(=O)NC(C)C)c2)ccn1. The Bertz CT molecular complexity index is 608. The number of pyridine rings is 1. The number of anilines is 1. The molecule has 0 aliphatic rings. The maximum atomic E-state index is 12.0. The molecule has 1 heterocycles. The Morgan fingerprint density at radius 1 is 1.15 bits per heavy atom. The molecule has 4 heteroatoms. The Morgan fingerprint density at radius 2 is 1.90 bits per heavy atom. The van der Waals surface area contributed by atoms with Gasteiger partial charge < -0.3 is 10.6 Å². The summed E-state index contributed by atoms with van der Waals surface area (Å²) < 4.78 is 0. The van der Waals surface area contributed by atoms with Crippen molar-refractivity contribution >= 4 is 11.7 Å². The Hall–Kier alpha value is -2.36. The number of amides is 1. The van der Waals surface area contributed by atoms with Crippen molar-refractivity contribution in [3.05, 3.63) is 48.2 Å². The first-order valence-corrected chi connectivity index (χ1v) is 6.65. The second kappa shape index (κ2) is 6.19. The van der Waals surface area contributed by atoms with Gasteiger partial charge in [-0.05, 0) is 49.2 Å². The van der Waals surface area contributed by atoms with E-state index in [1.54, 1.807) is 6.20 Å². The molecular weight excluding hydrogens is 250 g/mol. The number of hydrogen-bond acceptors (Lipinski definition) is 3. The quantitative estimate of drug-likeness (QED) is 0.897. The lowest BCUT2D eigenvalue weighted by atomic mass is 10.0. The van der Waals surface area contributed by atoms with Crippen molar-refractivity contribution in [2.45, 2.75) is 19.9 Å². The molecule has 2 aromatic rings. The van der Waals surface area contributed by atoms with E-state index in [9.17, 15) is 4.79 Å². The first-order valence-electron chi connectivity index (χ1n) is 6.65. The highest BCUT2D eigenvalue weighted by molar-refractivity contribution is 5.95. The zero-order chi connectivity index (χ0) is 14.5. The normalized spacial score (nSPS) is 10.4. The Kier molecular flexibility index (Phi) is 4.35. The minimum absolute atomic E-state index is 0.0512. The van der Waals surface area contributed by atoms with E-state index in [1.807, 2.05) is 57.3 Å². The van der Waals surface area contributed by atoms with Crippen molar-refractivity contribution in [1.82, 2.24) is 10.3 Å². The third-order valence-corrected chi connectivity index (χ3v) is 2.89. The molecule has 0 saturated carbocycles. The molecular formula is C16H19N3O. The van der Waals surface area contributed by atoms with Crippen LogP contribution in [0.1, 0.15) is 24.2 Å². The van der Waals surface area contributed by atoms with E-state index in [2.05, 4.69) is 15.6 Å². The van der Waals surface area contributed by atoms with Crippen molar-refractivity contribution in [1.29, 1.82) is 0 Å². The number of aromatic nitrogens is 1. The van der Waals surface area contributed by atoms with Gasteiger partial charge in [0.15, 0.2) is 0 Å². The zero-order valence-electron chi connectivity index (χ0n) is 12.0. The number of carbonyl (C=O) groups excluding carboxylic acids is 1. The third-order valence-electron chi connectivity index (χ3n) is 2.89. The summed E-state index contributed by atoms with van der Waals surface area (Å²) in [7, 11) is 1.83. The molecule has 2 N–H and O–H groups in total. The number of carbonyl (C=O) groups is 1. The number of nitrogens with one attached hydrogen (secondary N) is 2. The number of rotatable bonds is 4. The van der Waals surface area contributed by atoms with Gasteiger partial charge >= 0.3 is 0 Å². The zero-order valence-corrected chi connectivity index (χ0v) is 12.0. The van der Waals surface area contributed by atoms with Gasteiger partial charge in [0.05, 0.1) is 0 Å². The van der Waals surface area contributed by atoms with Gasteiger partial charge in [-0.3, -0.25) is 4.79 Å². The molecule has 1 aromatic heterocycles. The Morgan fingerprint density at radius 3 is 2.60 bits per heavy atom. The maximum Gasteiger partial charge on any atom is 0.251 e. The van der Waals surface area contributed by atoms with Crippen LogP contribution in [-0.2, 0) is 0 Å². The standard InChI is InChI=1S/C16H19N3O/c1-11(2)19-16(20)14-6-4-5-12(9-14)13-7-8-18-15(10-13)17-3/h4-11H,1-3H3,(H,17,18)(H,19,20). The van der Waals surface area contributed by atoms with Gasteiger partial charge in [0.1, 0.15) is 5.82 Å². The smallest absolute Gasteiger partial charge is 0.251 e. The van der Waals surface area contributed by atoms with Gasteiger partial charge in [-0.2, -0.15) is 0 Å². The average Bonchev–Trinajstić information content (AvgIpc) is 2.47. The van der Waals surface area contributed by atoms with Crippen molar-refractivity contribution in [2.24, 2.45) is 0 Å². The largest absolute Gasteiger partial charge is 0.373 e. The molecule has 0 bridgehead atoms. The Balaban J connectivity index is 2.31. The van der Waals surface area contributed by atoms with E-state index in [-0.39, 0.29) is 11.9 Å². The first-order chi connectivity index (χ1) is 9.60. The summed E-state index contributed by atoms with van der Waals surface area (Å²) in [6.45, 7) is 3.90. The van der Waals surface area contributed by atoms with E-state index in [4.69, 9.17) is 0 Å². The summed E-state index contributed by atoms with van der Waals surface area (Å²) in [5.41, 5.74) is 2.70. The molecule has 1 aromatic carbocycles. The molecule has 20 heavy (non-hydrogen) atoms. The van der Waals surface area contributed by atoms with Gasteiger partial charge in [0.25, 0.3) is 5.91 Å². The molecule has 0 fully saturated rings. The van der Waals surface area contributed by atoms with Gasteiger partial charge in [0, 0.05) is 24.8 Å². The third kappa shape index (κ3) is 3.35. The van der Waals surface area contributed by atoms with Crippen molar-refractivity contribution in [3.63, 3.8) is 0 Å². The predicted molar refractivity (Wildman–Crippen MR) is 81.8 cm³/mol. The molecule has 2 rings (SSSR count). The molecule has 0 atom stereocenters. The summed E-state index contributed by atoms with van der Waals surface area (Å²) in [5.74, 6) is 0.754. The van der Waals surface area contributed by atoms with Crippen LogP contribution < -0.4 is 10.6 Å². The molecule has 0 spiro atoms. The molecule has 0 radical (unpaired) electrons. The minimum atomic E-state index is -0.0512. The first kappa shape index (κ1) is 14.1. The minimum Gasteiger partial charge on any atom is -0.373 e. The summed E-state index contributed by atoms with van der Waals surface area (Å²) in [6, 6.07) is 11.6. The van der Waals surface area contributed by atoms with Crippen LogP contribution in [0, 0.1) is 0 Å². The molecule has 104 valence electrons. The monoisotopic (exact) mass is 269 g/mol. The molecule has 0 unspecified atom stereocenters. The summed E-state index contributed by atoms with van der Waals surface area (Å²) in [6.07, 6.45) is 1.75. The lowest BCUT2D eigenvalue weighted by Gasteiger charge is -2.10. The van der Waals surface area contributed by atoms with Crippen LogP contribution in [0.25, 0.3) is 11.1 Å². The summed E-state index contributed by atoms with van der Waals surface area (Å²) in [5, 5.41) is 5.91. The highest BCUT2D eigenvalue weighted by Crippen LogP contribution is 2.22. The summed E-state index contributed by atoms with van der Waals surface area (Å²) in [4.78, 5) is 16.2. The van der Waals surface area contributed by atoms with E-state index >= 15 is 0 Å². The van der Waals surface area contributed by atoms with E-state index in [1.165, 1.54) is 0 Å². The van der Waals surface area contributed by atoms with Gasteiger partial charge in [-0.15, -0.1) is 0 Å². The van der Waals surface area contributed by atoms with Crippen LogP contribution in [0.4, 0.5) is 5.82 Å². The van der Waals surface area contributed by atoms with Gasteiger partial charge in [0.2, 0.25) is 0 Å². The highest BCUT2D eigenvalue weighted by Gasteiger charge is 2.08. The van der Waals surface area contributed by atoms with Crippen molar-refractivity contribution < 1.29 is 4.79 Å². The highest BCUT2D eigenvalue weighted by atomic mass is 16.1. The lowest BCUT2D eigenvalue weighted by Crippen LogP contribution is -2.30. The van der Waals surface area contributed by atoms with E-state index < -0.39 is 0 Å². The molecule has 1 amide bonds. The number of nitrogens with zero attached hydrogens (tertiary/aromatic N) is 1. The van der Waals surface area contributed by atoms with Crippen LogP contribution in [0.15, 0.2) is 42.6 Å². The second-order valence-corrected chi connectivity index (χ2v) is 4.89. The van der Waals surface area contributed by atoms with Crippen LogP contribution in [0.5, 0.6) is 0 Å². The van der Waals surface area contributed by atoms with Crippen molar-refractivity contribution in [2.75, 3.05) is 12.4 Å². The van der Waals surface area contributed by atoms with Crippen molar-refractivity contribution in [3.8, 4) is 11.1 Å². The maximum absolute atomic E-state index is 12.0. The van der Waals surface area contributed by atoms with Crippen LogP contribution in [-0.4, -0.2) is 24.0 Å². The number of hydrogen-bond donors (Lipinski definition) is 2. The molecule has 4 nitrogen and oxygen atoms in total. The summed E-state index contributed by atoms with van der Waals surface area (Å²) >= 11 is 0. The molecule has 0 aliphatic heterocycles. The molecule has 0 aliphatic carbocycles. The fourth-order valence-corrected chi connectivity index (χ4v) is 1.93. The van der Waals surface area contributed by atoms with Crippen LogP contribution >= 0.6 is 0 Å². The van der Waals surface area contributed by atoms with Gasteiger partial charge in [-0.25, -0.2) is 4.98 Å². The van der Waals surface area contributed by atoms with Crippen LogP contribution in [0.2, 0.25) is 0 Å².